The smallest absolute Gasteiger partial charge is 0.261 e. The molecule has 10 nitrogen and oxygen atoms in total. The Morgan fingerprint density at radius 2 is 1.78 bits per heavy atom. The van der Waals surface area contributed by atoms with E-state index in [1.807, 2.05) is 30.3 Å². The van der Waals surface area contributed by atoms with Crippen LogP contribution < -0.4 is 19.8 Å². The number of nitrogens with zero attached hydrogens (tertiary/aromatic N) is 4. The molecule has 1 N–H and O–H groups in total. The monoisotopic (exact) mass is 626 g/mol. The Bertz CT molecular complexity index is 1880. The van der Waals surface area contributed by atoms with Crippen molar-refractivity contribution in [1.29, 1.82) is 0 Å². The van der Waals surface area contributed by atoms with Crippen molar-refractivity contribution in [1.82, 2.24) is 19.4 Å². The van der Waals surface area contributed by atoms with Gasteiger partial charge in [-0.1, -0.05) is 36.4 Å². The van der Waals surface area contributed by atoms with Crippen LogP contribution in [0.25, 0.3) is 22.0 Å². The number of aliphatic hydroxyl groups is 1. The number of aliphatic hydroxyl groups excluding tert-OH is 1. The van der Waals surface area contributed by atoms with Gasteiger partial charge in [-0.3, -0.25) is 19.2 Å². The van der Waals surface area contributed by atoms with E-state index in [0.717, 1.165) is 18.7 Å². The molecule has 46 heavy (non-hydrogen) atoms. The van der Waals surface area contributed by atoms with E-state index < -0.39 is 11.9 Å². The predicted octanol–water partition coefficient (Wildman–Crippen LogP) is 4.60. The fourth-order valence-corrected chi connectivity index (χ4v) is 5.46. The second-order valence-corrected chi connectivity index (χ2v) is 11.0. The first-order valence-electron chi connectivity index (χ1n) is 15.0. The van der Waals surface area contributed by atoms with Gasteiger partial charge in [-0.2, -0.15) is 0 Å². The summed E-state index contributed by atoms with van der Waals surface area (Å²) < 4.78 is 39.8. The summed E-state index contributed by atoms with van der Waals surface area (Å²) in [5, 5.41) is 11.1. The number of β-amino-alcohol motifs (C(OH)–C–C–N with tert-alkyl or cyclic N) is 1. The van der Waals surface area contributed by atoms with Crippen LogP contribution in [-0.2, 0) is 18.2 Å². The lowest BCUT2D eigenvalue weighted by Gasteiger charge is -2.28. The third-order valence-corrected chi connectivity index (χ3v) is 7.93. The molecule has 1 aliphatic rings. The summed E-state index contributed by atoms with van der Waals surface area (Å²) in [6.45, 7) is 3.38. The maximum Gasteiger partial charge on any atom is 0.261 e. The number of morpholine rings is 1. The molecule has 0 saturated carbocycles. The van der Waals surface area contributed by atoms with E-state index in [2.05, 4.69) is 14.9 Å². The van der Waals surface area contributed by atoms with Gasteiger partial charge in [0, 0.05) is 50.9 Å². The van der Waals surface area contributed by atoms with E-state index >= 15 is 4.39 Å². The molecule has 3 heterocycles. The average molecular weight is 627 g/mol. The highest BCUT2D eigenvalue weighted by Gasteiger charge is 2.19. The number of pyridine rings is 1. The first kappa shape index (κ1) is 31.2. The van der Waals surface area contributed by atoms with Crippen LogP contribution in [0.3, 0.4) is 0 Å². The van der Waals surface area contributed by atoms with E-state index in [1.165, 1.54) is 36.2 Å². The Balaban J connectivity index is 1.19. The molecule has 5 aromatic rings. The lowest BCUT2D eigenvalue weighted by atomic mass is 10.1. The van der Waals surface area contributed by atoms with Gasteiger partial charge in [-0.25, -0.2) is 9.37 Å². The van der Waals surface area contributed by atoms with Crippen molar-refractivity contribution in [3.63, 3.8) is 0 Å². The highest BCUT2D eigenvalue weighted by atomic mass is 19.1. The van der Waals surface area contributed by atoms with Crippen molar-refractivity contribution in [2.75, 3.05) is 46.6 Å². The van der Waals surface area contributed by atoms with Crippen molar-refractivity contribution < 1.29 is 28.4 Å². The first-order valence-corrected chi connectivity index (χ1v) is 15.0. The predicted molar refractivity (Wildman–Crippen MR) is 171 cm³/mol. The molecule has 1 atom stereocenters. The quantitative estimate of drug-likeness (QED) is 0.225. The summed E-state index contributed by atoms with van der Waals surface area (Å²) >= 11 is 0. The zero-order valence-electron chi connectivity index (χ0n) is 25.7. The zero-order valence-corrected chi connectivity index (χ0v) is 25.7. The molecule has 0 bridgehead atoms. The molecule has 11 heteroatoms. The number of aromatic nitrogens is 3. The van der Waals surface area contributed by atoms with Crippen molar-refractivity contribution in [3.05, 3.63) is 107 Å². The second-order valence-electron chi connectivity index (χ2n) is 11.0. The van der Waals surface area contributed by atoms with Crippen LogP contribution in [0.4, 0.5) is 4.39 Å². The van der Waals surface area contributed by atoms with E-state index in [9.17, 15) is 9.90 Å². The first-order chi connectivity index (χ1) is 22.4. The SMILES string of the molecule is COc1c(OC[C@@H](O)CN2CCOCC2)ccc2c(Oc3ccc(-c4cnc(Cc5ccccc5)n(C)c4=O)cc3F)ccnc12. The van der Waals surface area contributed by atoms with Gasteiger partial charge in [0.05, 0.1) is 25.9 Å². The van der Waals surface area contributed by atoms with Crippen molar-refractivity contribution in [2.45, 2.75) is 12.5 Å². The maximum atomic E-state index is 15.4. The van der Waals surface area contributed by atoms with Gasteiger partial charge in [-0.05, 0) is 41.5 Å². The Labute approximate surface area is 265 Å². The molecule has 0 spiro atoms. The lowest BCUT2D eigenvalue weighted by molar-refractivity contribution is 0.00447. The fraction of sp³-hybridized carbons (Fsp3) is 0.286. The van der Waals surface area contributed by atoms with Crippen LogP contribution >= 0.6 is 0 Å². The van der Waals surface area contributed by atoms with Crippen LogP contribution in [0.15, 0.2) is 83.9 Å². The molecule has 0 amide bonds. The van der Waals surface area contributed by atoms with Gasteiger partial charge in [0.2, 0.25) is 0 Å². The number of methoxy groups -OCH3 is 1. The van der Waals surface area contributed by atoms with E-state index in [1.54, 1.807) is 31.3 Å². The Morgan fingerprint density at radius 3 is 2.54 bits per heavy atom. The van der Waals surface area contributed by atoms with Gasteiger partial charge in [0.1, 0.15) is 29.8 Å². The standard InChI is InChI=1S/C35H35FN4O6/c1-39-32(18-23-6-4-3-5-7-23)38-20-27(35(39)42)24-8-10-30(28(36)19-24)46-29-12-13-37-33-26(29)9-11-31(34(33)43-2)45-22-25(41)21-40-14-16-44-17-15-40/h3-13,19-20,25,41H,14-18,21-22H2,1-2H3/t25-/m0/s1. The van der Waals surface area contributed by atoms with Gasteiger partial charge < -0.3 is 24.1 Å². The van der Waals surface area contributed by atoms with Crippen molar-refractivity contribution in [3.8, 4) is 34.1 Å². The molecule has 0 aliphatic carbocycles. The van der Waals surface area contributed by atoms with Crippen LogP contribution in [0, 0.1) is 5.82 Å². The van der Waals surface area contributed by atoms with Gasteiger partial charge in [0.25, 0.3) is 5.56 Å². The Hall–Kier alpha value is -4.84. The van der Waals surface area contributed by atoms with Crippen LogP contribution in [-0.4, -0.2) is 77.2 Å². The van der Waals surface area contributed by atoms with Crippen LogP contribution in [0.1, 0.15) is 11.4 Å². The van der Waals surface area contributed by atoms with Crippen LogP contribution in [0.5, 0.6) is 23.0 Å². The lowest BCUT2D eigenvalue weighted by Crippen LogP contribution is -2.42. The molecule has 6 rings (SSSR count). The third kappa shape index (κ3) is 6.86. The number of rotatable bonds is 11. The van der Waals surface area contributed by atoms with Gasteiger partial charge in [-0.15, -0.1) is 0 Å². The number of fused-ring (bicyclic) bond motifs is 1. The molecule has 1 fully saturated rings. The van der Waals surface area contributed by atoms with E-state index in [-0.39, 0.29) is 23.5 Å². The average Bonchev–Trinajstić information content (AvgIpc) is 3.07. The largest absolute Gasteiger partial charge is 0.491 e. The summed E-state index contributed by atoms with van der Waals surface area (Å²) in [5.74, 6) is 1.10. The Kier molecular flexibility index (Phi) is 9.53. The second kappa shape index (κ2) is 14.1. The van der Waals surface area contributed by atoms with E-state index in [4.69, 9.17) is 18.9 Å². The molecule has 2 aromatic heterocycles. The molecule has 3 aromatic carbocycles. The minimum absolute atomic E-state index is 0.0211. The molecular formula is C35H35FN4O6. The molecular weight excluding hydrogens is 591 g/mol. The number of halogens is 1. The topological polar surface area (TPSA) is 108 Å². The highest BCUT2D eigenvalue weighted by molar-refractivity contribution is 5.92. The maximum absolute atomic E-state index is 15.4. The summed E-state index contributed by atoms with van der Waals surface area (Å²) in [4.78, 5) is 24.3. The third-order valence-electron chi connectivity index (χ3n) is 7.93. The summed E-state index contributed by atoms with van der Waals surface area (Å²) in [6, 6.07) is 19.2. The molecule has 0 radical (unpaired) electrons. The summed E-state index contributed by atoms with van der Waals surface area (Å²) in [7, 11) is 3.17. The number of hydrogen-bond donors (Lipinski definition) is 1. The number of benzene rings is 3. The minimum Gasteiger partial charge on any atom is -0.491 e. The van der Waals surface area contributed by atoms with Crippen molar-refractivity contribution in [2.24, 2.45) is 7.05 Å². The van der Waals surface area contributed by atoms with Gasteiger partial charge >= 0.3 is 0 Å². The fourth-order valence-electron chi connectivity index (χ4n) is 5.46. The van der Waals surface area contributed by atoms with Crippen LogP contribution in [0.2, 0.25) is 0 Å². The summed E-state index contributed by atoms with van der Waals surface area (Å²) in [6.07, 6.45) is 2.83. The zero-order chi connectivity index (χ0) is 32.0. The van der Waals surface area contributed by atoms with E-state index in [0.29, 0.717) is 65.7 Å². The molecule has 1 aliphatic heterocycles. The highest BCUT2D eigenvalue weighted by Crippen LogP contribution is 2.39. The number of ether oxygens (including phenoxy) is 4. The minimum atomic E-state index is -0.699. The molecule has 1 saturated heterocycles. The van der Waals surface area contributed by atoms with Gasteiger partial charge in [0.15, 0.2) is 23.1 Å². The molecule has 238 valence electrons. The number of hydrogen-bond acceptors (Lipinski definition) is 9. The van der Waals surface area contributed by atoms with Crippen molar-refractivity contribution >= 4 is 10.9 Å². The molecule has 0 unspecified atom stereocenters. The normalized spacial score (nSPS) is 14.3. The Morgan fingerprint density at radius 1 is 1.00 bits per heavy atom. The summed E-state index contributed by atoms with van der Waals surface area (Å²) in [5.41, 5.74) is 1.90.